The van der Waals surface area contributed by atoms with E-state index < -0.39 is 28.3 Å². The number of pyridine rings is 1. The van der Waals surface area contributed by atoms with Crippen molar-refractivity contribution in [3.63, 3.8) is 0 Å². The maximum Gasteiger partial charge on any atom is 0.314 e. The second-order valence-electron chi connectivity index (χ2n) is 5.61. The minimum absolute atomic E-state index is 0.199. The Balaban J connectivity index is 2.12. The first kappa shape index (κ1) is 20.8. The van der Waals surface area contributed by atoms with Crippen molar-refractivity contribution < 1.29 is 30.9 Å². The highest BCUT2D eigenvalue weighted by Gasteiger charge is 2.35. The lowest BCUT2D eigenvalue weighted by Gasteiger charge is -2.16. The fourth-order valence-electron chi connectivity index (χ4n) is 2.18. The average molecular weight is 402 g/mol. The monoisotopic (exact) mass is 402 g/mol. The third-order valence-electron chi connectivity index (χ3n) is 3.53. The molecule has 0 unspecified atom stereocenters. The van der Waals surface area contributed by atoms with E-state index in [0.717, 1.165) is 11.6 Å². The van der Waals surface area contributed by atoms with E-state index in [1.54, 1.807) is 18.2 Å². The predicted octanol–water partition coefficient (Wildman–Crippen LogP) is 2.78. The SMILES string of the molecule is COc1ccc(CNc2cccc(C(F)(F)COS(C)(=O)=O)n2)c(OC)c1. The van der Waals surface area contributed by atoms with Gasteiger partial charge in [-0.3, -0.25) is 4.18 Å². The minimum Gasteiger partial charge on any atom is -0.497 e. The lowest BCUT2D eigenvalue weighted by molar-refractivity contribution is -0.0484. The van der Waals surface area contributed by atoms with Crippen LogP contribution < -0.4 is 14.8 Å². The first-order chi connectivity index (χ1) is 12.6. The summed E-state index contributed by atoms with van der Waals surface area (Å²) < 4.78 is 64.7. The topological polar surface area (TPSA) is 86.8 Å². The molecule has 0 bridgehead atoms. The number of aromatic nitrogens is 1. The highest BCUT2D eigenvalue weighted by molar-refractivity contribution is 7.85. The van der Waals surface area contributed by atoms with Gasteiger partial charge in [0.15, 0.2) is 0 Å². The van der Waals surface area contributed by atoms with Gasteiger partial charge in [0.1, 0.15) is 29.6 Å². The summed E-state index contributed by atoms with van der Waals surface area (Å²) in [7, 11) is -0.932. The number of hydrogen-bond donors (Lipinski definition) is 1. The normalized spacial score (nSPS) is 11.9. The van der Waals surface area contributed by atoms with E-state index in [9.17, 15) is 17.2 Å². The average Bonchev–Trinajstić information content (AvgIpc) is 2.64. The smallest absolute Gasteiger partial charge is 0.314 e. The van der Waals surface area contributed by atoms with Gasteiger partial charge in [-0.05, 0) is 24.3 Å². The van der Waals surface area contributed by atoms with Gasteiger partial charge < -0.3 is 14.8 Å². The molecule has 7 nitrogen and oxygen atoms in total. The quantitative estimate of drug-likeness (QED) is 0.646. The molecule has 10 heteroatoms. The number of nitrogens with one attached hydrogen (secondary N) is 1. The van der Waals surface area contributed by atoms with Crippen LogP contribution in [0, 0.1) is 0 Å². The number of alkyl halides is 2. The summed E-state index contributed by atoms with van der Waals surface area (Å²) in [6.07, 6.45) is 0.705. The molecule has 27 heavy (non-hydrogen) atoms. The molecule has 0 saturated heterocycles. The zero-order valence-electron chi connectivity index (χ0n) is 15.0. The third-order valence-corrected chi connectivity index (χ3v) is 4.08. The van der Waals surface area contributed by atoms with E-state index in [1.807, 2.05) is 0 Å². The maximum absolute atomic E-state index is 14.1. The second kappa shape index (κ2) is 8.49. The molecular formula is C17H20F2N2O5S. The summed E-state index contributed by atoms with van der Waals surface area (Å²) in [5.74, 6) is -2.16. The standard InChI is InChI=1S/C17H20F2N2O5S/c1-24-13-8-7-12(14(9-13)25-2)10-20-16-6-4-5-15(21-16)17(18,19)11-26-27(3,22)23/h4-9H,10-11H2,1-3H3,(H,20,21). The number of ether oxygens (including phenoxy) is 2. The molecule has 0 atom stereocenters. The Labute approximate surface area is 156 Å². The van der Waals surface area contributed by atoms with Crippen molar-refractivity contribution in [2.24, 2.45) is 0 Å². The Kier molecular flexibility index (Phi) is 6.55. The molecule has 0 amide bonds. The van der Waals surface area contributed by atoms with Crippen molar-refractivity contribution in [1.82, 2.24) is 4.98 Å². The predicted molar refractivity (Wildman–Crippen MR) is 95.8 cm³/mol. The Hall–Kier alpha value is -2.46. The zero-order chi connectivity index (χ0) is 20.1. The van der Waals surface area contributed by atoms with Crippen LogP contribution in [0.5, 0.6) is 11.5 Å². The molecule has 0 aliphatic rings. The zero-order valence-corrected chi connectivity index (χ0v) is 15.8. The lowest BCUT2D eigenvalue weighted by atomic mass is 10.2. The first-order valence-electron chi connectivity index (χ1n) is 7.79. The van der Waals surface area contributed by atoms with Gasteiger partial charge in [-0.1, -0.05) is 6.07 Å². The summed E-state index contributed by atoms with van der Waals surface area (Å²) in [6.45, 7) is -1.04. The third kappa shape index (κ3) is 6.04. The van der Waals surface area contributed by atoms with Gasteiger partial charge in [0.2, 0.25) is 0 Å². The summed E-state index contributed by atoms with van der Waals surface area (Å²) in [4.78, 5) is 3.85. The van der Waals surface area contributed by atoms with Crippen molar-refractivity contribution in [3.05, 3.63) is 47.7 Å². The maximum atomic E-state index is 14.1. The van der Waals surface area contributed by atoms with Gasteiger partial charge >= 0.3 is 5.92 Å². The number of methoxy groups -OCH3 is 2. The fourth-order valence-corrected chi connectivity index (χ4v) is 2.54. The summed E-state index contributed by atoms with van der Waals surface area (Å²) >= 11 is 0. The van der Waals surface area contributed by atoms with Crippen LogP contribution in [0.2, 0.25) is 0 Å². The molecule has 0 saturated carbocycles. The molecule has 2 aromatic rings. The highest BCUT2D eigenvalue weighted by atomic mass is 32.2. The highest BCUT2D eigenvalue weighted by Crippen LogP contribution is 2.29. The van der Waals surface area contributed by atoms with Crippen LogP contribution in [-0.2, 0) is 26.8 Å². The molecule has 1 aromatic heterocycles. The lowest BCUT2D eigenvalue weighted by Crippen LogP contribution is -2.24. The van der Waals surface area contributed by atoms with Crippen LogP contribution in [-0.4, -0.2) is 40.5 Å². The molecule has 1 aromatic carbocycles. The van der Waals surface area contributed by atoms with Crippen molar-refractivity contribution in [1.29, 1.82) is 0 Å². The molecule has 0 aliphatic carbocycles. The number of anilines is 1. The Morgan fingerprint density at radius 3 is 2.52 bits per heavy atom. The van der Waals surface area contributed by atoms with E-state index in [2.05, 4.69) is 14.5 Å². The van der Waals surface area contributed by atoms with Gasteiger partial charge in [-0.15, -0.1) is 0 Å². The first-order valence-corrected chi connectivity index (χ1v) is 9.61. The second-order valence-corrected chi connectivity index (χ2v) is 7.25. The van der Waals surface area contributed by atoms with Crippen LogP contribution in [0.15, 0.2) is 36.4 Å². The summed E-state index contributed by atoms with van der Waals surface area (Å²) in [6, 6.07) is 9.25. The van der Waals surface area contributed by atoms with Gasteiger partial charge in [-0.25, -0.2) is 4.98 Å². The van der Waals surface area contributed by atoms with Crippen molar-refractivity contribution in [2.45, 2.75) is 12.5 Å². The van der Waals surface area contributed by atoms with Gasteiger partial charge in [-0.2, -0.15) is 17.2 Å². The molecular weight excluding hydrogens is 382 g/mol. The Morgan fingerprint density at radius 1 is 1.15 bits per heavy atom. The van der Waals surface area contributed by atoms with E-state index in [0.29, 0.717) is 17.8 Å². The van der Waals surface area contributed by atoms with E-state index >= 15 is 0 Å². The number of rotatable bonds is 9. The molecule has 2 rings (SSSR count). The van der Waals surface area contributed by atoms with Crippen molar-refractivity contribution in [3.8, 4) is 11.5 Å². The molecule has 1 N–H and O–H groups in total. The van der Waals surface area contributed by atoms with Crippen LogP contribution in [0.1, 0.15) is 11.3 Å². The molecule has 1 heterocycles. The fraction of sp³-hybridized carbons (Fsp3) is 0.353. The van der Waals surface area contributed by atoms with Crippen molar-refractivity contribution >= 4 is 15.9 Å². The van der Waals surface area contributed by atoms with Crippen LogP contribution >= 0.6 is 0 Å². The van der Waals surface area contributed by atoms with E-state index in [4.69, 9.17) is 9.47 Å². The molecule has 0 radical (unpaired) electrons. The molecule has 0 spiro atoms. The number of benzene rings is 1. The van der Waals surface area contributed by atoms with E-state index in [1.165, 1.54) is 26.4 Å². The summed E-state index contributed by atoms with van der Waals surface area (Å²) in [5, 5.41) is 2.93. The number of halogens is 2. The van der Waals surface area contributed by atoms with Crippen LogP contribution in [0.3, 0.4) is 0 Å². The molecule has 148 valence electrons. The Bertz CT molecular complexity index is 891. The molecule has 0 aliphatic heterocycles. The number of nitrogens with zero attached hydrogens (tertiary/aromatic N) is 1. The minimum atomic E-state index is -3.98. The largest absolute Gasteiger partial charge is 0.497 e. The Morgan fingerprint density at radius 2 is 1.89 bits per heavy atom. The van der Waals surface area contributed by atoms with Crippen LogP contribution in [0.25, 0.3) is 0 Å². The van der Waals surface area contributed by atoms with Crippen molar-refractivity contribution in [2.75, 3.05) is 32.4 Å². The van der Waals surface area contributed by atoms with Gasteiger partial charge in [0.05, 0.1) is 20.5 Å². The number of hydrogen-bond acceptors (Lipinski definition) is 7. The summed E-state index contributed by atoms with van der Waals surface area (Å²) in [5.41, 5.74) is 0.176. The van der Waals surface area contributed by atoms with E-state index in [-0.39, 0.29) is 12.4 Å². The van der Waals surface area contributed by atoms with Crippen LogP contribution in [0.4, 0.5) is 14.6 Å². The molecule has 0 fully saturated rings. The van der Waals surface area contributed by atoms with Gasteiger partial charge in [0, 0.05) is 18.2 Å². The van der Waals surface area contributed by atoms with Gasteiger partial charge in [0.25, 0.3) is 10.1 Å².